The Bertz CT molecular complexity index is 200. The van der Waals surface area contributed by atoms with E-state index in [0.717, 1.165) is 0 Å². The van der Waals surface area contributed by atoms with Gasteiger partial charge >= 0.3 is 5.97 Å². The van der Waals surface area contributed by atoms with Crippen LogP contribution in [0.5, 0.6) is 0 Å². The lowest BCUT2D eigenvalue weighted by Crippen LogP contribution is -2.29. The van der Waals surface area contributed by atoms with Crippen LogP contribution in [-0.4, -0.2) is 34.8 Å². The minimum absolute atomic E-state index is 0.133. The maximum Gasteiger partial charge on any atom is 0.320 e. The molecule has 0 aromatic heterocycles. The third kappa shape index (κ3) is 6.34. The van der Waals surface area contributed by atoms with Crippen molar-refractivity contribution in [3.05, 3.63) is 0 Å². The Morgan fingerprint density at radius 2 is 2.17 bits per heavy atom. The smallest absolute Gasteiger partial charge is 0.320 e. The molecule has 2 atom stereocenters. The summed E-state index contributed by atoms with van der Waals surface area (Å²) in [4.78, 5) is 19.0. The molecule has 0 aliphatic rings. The number of carbonyl (C=O) groups is 1. The van der Waals surface area contributed by atoms with E-state index in [0.29, 0.717) is 6.42 Å². The predicted octanol–water partition coefficient (Wildman–Crippen LogP) is 0.0787. The molecule has 0 aliphatic heterocycles. The summed E-state index contributed by atoms with van der Waals surface area (Å²) in [7, 11) is -3.00. The van der Waals surface area contributed by atoms with Gasteiger partial charge in [0.2, 0.25) is 0 Å². The minimum atomic E-state index is -3.00. The van der Waals surface area contributed by atoms with E-state index in [1.54, 1.807) is 0 Å². The standard InChI is InChI=1S/C6H14NO4P/c1-12(10,11)4-2-3-5(7)6(8)9/h5H,2-4,7H2,1H3,(H,8,9)(H,10,11). The van der Waals surface area contributed by atoms with Crippen LogP contribution in [0.1, 0.15) is 12.8 Å². The van der Waals surface area contributed by atoms with Crippen molar-refractivity contribution in [2.24, 2.45) is 5.73 Å². The van der Waals surface area contributed by atoms with E-state index in [1.807, 2.05) is 0 Å². The van der Waals surface area contributed by atoms with E-state index in [2.05, 4.69) is 0 Å². The zero-order chi connectivity index (χ0) is 9.78. The van der Waals surface area contributed by atoms with Crippen LogP contribution in [0.3, 0.4) is 0 Å². The summed E-state index contributed by atoms with van der Waals surface area (Å²) in [6, 6.07) is -0.920. The van der Waals surface area contributed by atoms with Gasteiger partial charge in [0.25, 0.3) is 0 Å². The van der Waals surface area contributed by atoms with Gasteiger partial charge in [-0.25, -0.2) is 0 Å². The maximum absolute atomic E-state index is 10.7. The van der Waals surface area contributed by atoms with Crippen LogP contribution in [0, 0.1) is 0 Å². The van der Waals surface area contributed by atoms with Gasteiger partial charge in [0.05, 0.1) is 0 Å². The normalized spacial score (nSPS) is 18.2. The van der Waals surface area contributed by atoms with Gasteiger partial charge in [-0.1, -0.05) is 0 Å². The molecular weight excluding hydrogens is 181 g/mol. The Labute approximate surface area is 71.0 Å². The molecule has 0 heterocycles. The summed E-state index contributed by atoms with van der Waals surface area (Å²) in [6.07, 6.45) is 0.749. The van der Waals surface area contributed by atoms with Crippen molar-refractivity contribution in [3.8, 4) is 0 Å². The van der Waals surface area contributed by atoms with Gasteiger partial charge in [-0.05, 0) is 12.8 Å². The molecule has 0 rings (SSSR count). The molecule has 0 aliphatic carbocycles. The minimum Gasteiger partial charge on any atom is -0.480 e. The van der Waals surface area contributed by atoms with Crippen molar-refractivity contribution in [1.82, 2.24) is 0 Å². The first kappa shape index (κ1) is 11.6. The van der Waals surface area contributed by atoms with Crippen molar-refractivity contribution in [2.45, 2.75) is 18.9 Å². The summed E-state index contributed by atoms with van der Waals surface area (Å²) in [5.41, 5.74) is 5.17. The summed E-state index contributed by atoms with van der Waals surface area (Å²) in [5, 5.41) is 8.35. The van der Waals surface area contributed by atoms with Crippen LogP contribution >= 0.6 is 7.37 Å². The highest BCUT2D eigenvalue weighted by Gasteiger charge is 2.14. The molecule has 5 nitrogen and oxygen atoms in total. The zero-order valence-corrected chi connectivity index (χ0v) is 7.83. The third-order valence-electron chi connectivity index (χ3n) is 1.41. The Balaban J connectivity index is 3.58. The lowest BCUT2D eigenvalue weighted by Gasteiger charge is -2.07. The quantitative estimate of drug-likeness (QED) is 0.539. The Kier molecular flexibility index (Phi) is 4.45. The number of carboxylic acids is 1. The topological polar surface area (TPSA) is 101 Å². The fourth-order valence-electron chi connectivity index (χ4n) is 0.728. The van der Waals surface area contributed by atoms with Gasteiger partial charge in [0.15, 0.2) is 7.37 Å². The molecule has 0 saturated carbocycles. The second kappa shape index (κ2) is 4.60. The van der Waals surface area contributed by atoms with Crippen molar-refractivity contribution in [3.63, 3.8) is 0 Å². The molecule has 4 N–H and O–H groups in total. The molecular formula is C6H14NO4P. The first-order valence-electron chi connectivity index (χ1n) is 3.60. The van der Waals surface area contributed by atoms with Crippen LogP contribution in [-0.2, 0) is 9.36 Å². The fraction of sp³-hybridized carbons (Fsp3) is 0.833. The largest absolute Gasteiger partial charge is 0.480 e. The van der Waals surface area contributed by atoms with Gasteiger partial charge in [0.1, 0.15) is 6.04 Å². The van der Waals surface area contributed by atoms with Gasteiger partial charge in [-0.3, -0.25) is 9.36 Å². The third-order valence-corrected chi connectivity index (χ3v) is 2.55. The summed E-state index contributed by atoms with van der Waals surface area (Å²) < 4.78 is 10.7. The molecule has 12 heavy (non-hydrogen) atoms. The first-order valence-corrected chi connectivity index (χ1v) is 5.90. The van der Waals surface area contributed by atoms with Crippen molar-refractivity contribution in [2.75, 3.05) is 12.8 Å². The lowest BCUT2D eigenvalue weighted by atomic mass is 10.2. The van der Waals surface area contributed by atoms with E-state index in [9.17, 15) is 9.36 Å². The molecule has 0 aromatic rings. The number of rotatable bonds is 5. The lowest BCUT2D eigenvalue weighted by molar-refractivity contribution is -0.138. The molecule has 0 bridgehead atoms. The van der Waals surface area contributed by atoms with Crippen molar-refractivity contribution < 1.29 is 19.4 Å². The molecule has 0 amide bonds. The summed E-state index contributed by atoms with van der Waals surface area (Å²) in [6.45, 7) is 1.25. The monoisotopic (exact) mass is 195 g/mol. The summed E-state index contributed by atoms with van der Waals surface area (Å²) >= 11 is 0. The highest BCUT2D eigenvalue weighted by Crippen LogP contribution is 2.35. The zero-order valence-electron chi connectivity index (χ0n) is 6.93. The molecule has 0 spiro atoms. The maximum atomic E-state index is 10.7. The number of aliphatic carboxylic acids is 1. The highest BCUT2D eigenvalue weighted by molar-refractivity contribution is 7.57. The van der Waals surface area contributed by atoms with Gasteiger partial charge in [-0.15, -0.1) is 0 Å². The second-order valence-electron chi connectivity index (χ2n) is 2.86. The van der Waals surface area contributed by atoms with Crippen LogP contribution in [0.4, 0.5) is 0 Å². The highest BCUT2D eigenvalue weighted by atomic mass is 31.2. The first-order chi connectivity index (χ1) is 5.33. The average Bonchev–Trinajstić information content (AvgIpc) is 1.84. The van der Waals surface area contributed by atoms with E-state index >= 15 is 0 Å². The Hall–Kier alpha value is -0.380. The van der Waals surface area contributed by atoms with Crippen LogP contribution in [0.15, 0.2) is 0 Å². The van der Waals surface area contributed by atoms with Crippen molar-refractivity contribution in [1.29, 1.82) is 0 Å². The fourth-order valence-corrected chi connectivity index (χ4v) is 1.50. The van der Waals surface area contributed by atoms with Gasteiger partial charge in [0, 0.05) is 12.8 Å². The number of nitrogens with two attached hydrogens (primary N) is 1. The average molecular weight is 195 g/mol. The molecule has 0 fully saturated rings. The predicted molar refractivity (Wildman–Crippen MR) is 45.5 cm³/mol. The Morgan fingerprint density at radius 3 is 2.50 bits per heavy atom. The van der Waals surface area contributed by atoms with Crippen molar-refractivity contribution >= 4 is 13.3 Å². The van der Waals surface area contributed by atoms with Crippen LogP contribution in [0.2, 0.25) is 0 Å². The molecule has 0 radical (unpaired) electrons. The Morgan fingerprint density at radius 1 is 1.67 bits per heavy atom. The van der Waals surface area contributed by atoms with Crippen LogP contribution < -0.4 is 5.73 Å². The molecule has 6 heteroatoms. The molecule has 72 valence electrons. The van der Waals surface area contributed by atoms with E-state index in [1.165, 1.54) is 6.66 Å². The molecule has 0 aromatic carbocycles. The number of hydrogen-bond donors (Lipinski definition) is 3. The summed E-state index contributed by atoms with van der Waals surface area (Å²) in [5.74, 6) is -1.07. The van der Waals surface area contributed by atoms with Crippen LogP contribution in [0.25, 0.3) is 0 Å². The van der Waals surface area contributed by atoms with Gasteiger partial charge < -0.3 is 15.7 Å². The SMILES string of the molecule is CP(=O)(O)CCCC(N)C(=O)O. The molecule has 2 unspecified atom stereocenters. The molecule has 0 saturated heterocycles. The van der Waals surface area contributed by atoms with E-state index < -0.39 is 19.4 Å². The van der Waals surface area contributed by atoms with Gasteiger partial charge in [-0.2, -0.15) is 0 Å². The van der Waals surface area contributed by atoms with E-state index in [-0.39, 0.29) is 12.6 Å². The number of carboxylic acid groups (broad SMARTS) is 1. The number of hydrogen-bond acceptors (Lipinski definition) is 3. The van der Waals surface area contributed by atoms with E-state index in [4.69, 9.17) is 15.7 Å². The second-order valence-corrected chi connectivity index (χ2v) is 5.41.